The Kier molecular flexibility index (Phi) is 1.51. The fourth-order valence-corrected chi connectivity index (χ4v) is 1.13. The van der Waals surface area contributed by atoms with Crippen molar-refractivity contribution < 1.29 is 9.90 Å². The molecule has 0 aromatic carbocycles. The van der Waals surface area contributed by atoms with Crippen LogP contribution in [0.1, 0.15) is 16.2 Å². The molecule has 0 fully saturated rings. The third-order valence-electron chi connectivity index (χ3n) is 1.70. The Balaban J connectivity index is 2.67. The van der Waals surface area contributed by atoms with Crippen molar-refractivity contribution in [3.05, 3.63) is 23.7 Å². The standard InChI is InChI=1S/C8H7N3O2/c1-4-10-6-2-5(8(12)13)3-9-7(6)11-4/h2-3H,1H3,(H,12,13)(H,9,10,11). The van der Waals surface area contributed by atoms with E-state index in [-0.39, 0.29) is 5.56 Å². The van der Waals surface area contributed by atoms with Gasteiger partial charge in [0.2, 0.25) is 0 Å². The first-order valence-corrected chi connectivity index (χ1v) is 3.72. The zero-order valence-electron chi connectivity index (χ0n) is 6.90. The summed E-state index contributed by atoms with van der Waals surface area (Å²) in [7, 11) is 0. The number of rotatable bonds is 1. The molecule has 0 unspecified atom stereocenters. The fourth-order valence-electron chi connectivity index (χ4n) is 1.13. The number of carboxylic acid groups (broad SMARTS) is 1. The molecule has 2 aromatic rings. The highest BCUT2D eigenvalue weighted by atomic mass is 16.4. The Bertz CT molecular complexity index is 475. The molecule has 5 heteroatoms. The molecule has 0 saturated heterocycles. The maximum absolute atomic E-state index is 10.6. The van der Waals surface area contributed by atoms with Crippen LogP contribution < -0.4 is 0 Å². The van der Waals surface area contributed by atoms with Gasteiger partial charge < -0.3 is 10.1 Å². The number of imidazole rings is 1. The van der Waals surface area contributed by atoms with Crippen LogP contribution in [0.25, 0.3) is 11.2 Å². The molecular weight excluding hydrogens is 170 g/mol. The second kappa shape index (κ2) is 2.55. The highest BCUT2D eigenvalue weighted by Gasteiger charge is 2.06. The number of hydrogen-bond donors (Lipinski definition) is 2. The Morgan fingerprint density at radius 3 is 3.08 bits per heavy atom. The van der Waals surface area contributed by atoms with Gasteiger partial charge in [-0.2, -0.15) is 0 Å². The average molecular weight is 177 g/mol. The van der Waals surface area contributed by atoms with Gasteiger partial charge >= 0.3 is 5.97 Å². The Morgan fingerprint density at radius 2 is 2.38 bits per heavy atom. The minimum Gasteiger partial charge on any atom is -0.478 e. The predicted octanol–water partition coefficient (Wildman–Crippen LogP) is 0.965. The van der Waals surface area contributed by atoms with E-state index in [1.165, 1.54) is 12.3 Å². The summed E-state index contributed by atoms with van der Waals surface area (Å²) in [5, 5.41) is 8.67. The average Bonchev–Trinajstić information content (AvgIpc) is 2.42. The maximum atomic E-state index is 10.6. The molecular formula is C8H7N3O2. The zero-order chi connectivity index (χ0) is 9.42. The van der Waals surface area contributed by atoms with Gasteiger partial charge in [-0.1, -0.05) is 0 Å². The number of fused-ring (bicyclic) bond motifs is 1. The van der Waals surface area contributed by atoms with Crippen molar-refractivity contribution in [1.29, 1.82) is 0 Å². The van der Waals surface area contributed by atoms with Gasteiger partial charge in [0, 0.05) is 6.20 Å². The number of aromatic nitrogens is 3. The number of nitrogens with one attached hydrogen (secondary N) is 1. The number of aromatic amines is 1. The molecule has 0 aliphatic carbocycles. The molecule has 0 atom stereocenters. The summed E-state index contributed by atoms with van der Waals surface area (Å²) in [6, 6.07) is 1.49. The van der Waals surface area contributed by atoms with E-state index in [1.54, 1.807) is 6.92 Å². The minimum atomic E-state index is -0.991. The number of hydrogen-bond acceptors (Lipinski definition) is 3. The van der Waals surface area contributed by atoms with Gasteiger partial charge in [-0.25, -0.2) is 14.8 Å². The second-order valence-corrected chi connectivity index (χ2v) is 2.72. The highest BCUT2D eigenvalue weighted by molar-refractivity contribution is 5.90. The van der Waals surface area contributed by atoms with Crippen LogP contribution in [-0.4, -0.2) is 26.0 Å². The molecule has 0 radical (unpaired) electrons. The second-order valence-electron chi connectivity index (χ2n) is 2.72. The van der Waals surface area contributed by atoms with Crippen LogP contribution >= 0.6 is 0 Å². The molecule has 0 aliphatic rings. The van der Waals surface area contributed by atoms with Crippen LogP contribution in [0.3, 0.4) is 0 Å². The third-order valence-corrected chi connectivity index (χ3v) is 1.70. The monoisotopic (exact) mass is 177 g/mol. The van der Waals surface area contributed by atoms with E-state index in [9.17, 15) is 4.79 Å². The van der Waals surface area contributed by atoms with Crippen molar-refractivity contribution in [2.45, 2.75) is 6.92 Å². The van der Waals surface area contributed by atoms with E-state index in [0.717, 1.165) is 5.82 Å². The molecule has 13 heavy (non-hydrogen) atoms. The van der Waals surface area contributed by atoms with Crippen molar-refractivity contribution in [3.8, 4) is 0 Å². The molecule has 66 valence electrons. The zero-order valence-corrected chi connectivity index (χ0v) is 6.90. The number of H-pyrrole nitrogens is 1. The molecule has 2 N–H and O–H groups in total. The summed E-state index contributed by atoms with van der Waals surface area (Å²) in [5.41, 5.74) is 1.35. The van der Waals surface area contributed by atoms with E-state index >= 15 is 0 Å². The normalized spacial score (nSPS) is 10.5. The first-order chi connectivity index (χ1) is 6.16. The van der Waals surface area contributed by atoms with Gasteiger partial charge in [-0.3, -0.25) is 0 Å². The van der Waals surface area contributed by atoms with Gasteiger partial charge in [-0.15, -0.1) is 0 Å². The van der Waals surface area contributed by atoms with E-state index in [4.69, 9.17) is 5.11 Å². The lowest BCUT2D eigenvalue weighted by Gasteiger charge is -1.91. The van der Waals surface area contributed by atoms with Gasteiger partial charge in [0.15, 0.2) is 5.65 Å². The van der Waals surface area contributed by atoms with Crippen LogP contribution in [0.4, 0.5) is 0 Å². The number of aryl methyl sites for hydroxylation is 1. The van der Waals surface area contributed by atoms with Gasteiger partial charge in [-0.05, 0) is 13.0 Å². The SMILES string of the molecule is Cc1nc2cc(C(=O)O)cnc2[nH]1. The van der Waals surface area contributed by atoms with Crippen LogP contribution in [0.5, 0.6) is 0 Å². The van der Waals surface area contributed by atoms with Gasteiger partial charge in [0.05, 0.1) is 5.56 Å². The van der Waals surface area contributed by atoms with Crippen LogP contribution in [0.15, 0.2) is 12.3 Å². The van der Waals surface area contributed by atoms with E-state index in [2.05, 4.69) is 15.0 Å². The molecule has 2 heterocycles. The summed E-state index contributed by atoms with van der Waals surface area (Å²) in [6.07, 6.45) is 1.31. The Labute approximate surface area is 73.4 Å². The molecule has 5 nitrogen and oxygen atoms in total. The summed E-state index contributed by atoms with van der Waals surface area (Å²) >= 11 is 0. The quantitative estimate of drug-likeness (QED) is 0.680. The summed E-state index contributed by atoms with van der Waals surface area (Å²) in [5.74, 6) is -0.264. The van der Waals surface area contributed by atoms with Crippen molar-refractivity contribution in [1.82, 2.24) is 15.0 Å². The number of aromatic carboxylic acids is 1. The van der Waals surface area contributed by atoms with Crippen molar-refractivity contribution in [2.24, 2.45) is 0 Å². The summed E-state index contributed by atoms with van der Waals surface area (Å²) in [4.78, 5) is 21.5. The Hall–Kier alpha value is -1.91. The van der Waals surface area contributed by atoms with Crippen molar-refractivity contribution in [3.63, 3.8) is 0 Å². The molecule has 0 amide bonds. The first-order valence-electron chi connectivity index (χ1n) is 3.72. The number of nitrogens with zero attached hydrogens (tertiary/aromatic N) is 2. The molecule has 0 bridgehead atoms. The van der Waals surface area contributed by atoms with E-state index < -0.39 is 5.97 Å². The van der Waals surface area contributed by atoms with Crippen LogP contribution in [0.2, 0.25) is 0 Å². The lowest BCUT2D eigenvalue weighted by molar-refractivity contribution is 0.0696. The predicted molar refractivity (Wildman–Crippen MR) is 45.6 cm³/mol. The van der Waals surface area contributed by atoms with E-state index in [1.807, 2.05) is 0 Å². The smallest absolute Gasteiger partial charge is 0.337 e. The lowest BCUT2D eigenvalue weighted by atomic mass is 10.3. The summed E-state index contributed by atoms with van der Waals surface area (Å²) in [6.45, 7) is 1.79. The largest absolute Gasteiger partial charge is 0.478 e. The topological polar surface area (TPSA) is 78.9 Å². The van der Waals surface area contributed by atoms with Crippen LogP contribution in [0, 0.1) is 6.92 Å². The highest BCUT2D eigenvalue weighted by Crippen LogP contribution is 2.09. The minimum absolute atomic E-state index is 0.152. The molecule has 2 rings (SSSR count). The van der Waals surface area contributed by atoms with Gasteiger partial charge in [0.25, 0.3) is 0 Å². The number of carbonyl (C=O) groups is 1. The van der Waals surface area contributed by atoms with Gasteiger partial charge in [0.1, 0.15) is 11.3 Å². The lowest BCUT2D eigenvalue weighted by Crippen LogP contribution is -1.96. The van der Waals surface area contributed by atoms with Crippen molar-refractivity contribution >= 4 is 17.1 Å². The molecule has 0 saturated carbocycles. The molecule has 0 spiro atoms. The fraction of sp³-hybridized carbons (Fsp3) is 0.125. The number of pyridine rings is 1. The first kappa shape index (κ1) is 7.72. The third kappa shape index (κ3) is 1.24. The number of carboxylic acids is 1. The Morgan fingerprint density at radius 1 is 1.62 bits per heavy atom. The molecule has 0 aliphatic heterocycles. The maximum Gasteiger partial charge on any atom is 0.337 e. The molecule has 2 aromatic heterocycles. The summed E-state index contributed by atoms with van der Waals surface area (Å²) < 4.78 is 0. The van der Waals surface area contributed by atoms with Crippen LogP contribution in [-0.2, 0) is 0 Å². The van der Waals surface area contributed by atoms with Crippen molar-refractivity contribution in [2.75, 3.05) is 0 Å². The van der Waals surface area contributed by atoms with E-state index in [0.29, 0.717) is 11.2 Å².